The summed E-state index contributed by atoms with van der Waals surface area (Å²) in [7, 11) is 0. The fourth-order valence-electron chi connectivity index (χ4n) is 2.85. The number of rotatable bonds is 9. The summed E-state index contributed by atoms with van der Waals surface area (Å²) in [5, 5.41) is 3.15. The third-order valence-corrected chi connectivity index (χ3v) is 6.37. The van der Waals surface area contributed by atoms with Gasteiger partial charge in [-0.2, -0.15) is 0 Å². The van der Waals surface area contributed by atoms with Crippen LogP contribution in [0.25, 0.3) is 11.3 Å². The Labute approximate surface area is 182 Å². The van der Waals surface area contributed by atoms with Crippen LogP contribution < -0.4 is 5.32 Å². The lowest BCUT2D eigenvalue weighted by Gasteiger charge is -2.02. The predicted octanol–water partition coefficient (Wildman–Crippen LogP) is 5.58. The first-order chi connectivity index (χ1) is 14.3. The Hall–Kier alpha value is -2.71. The van der Waals surface area contributed by atoms with E-state index in [1.54, 1.807) is 18.2 Å². The van der Waals surface area contributed by atoms with Crippen LogP contribution in [0.1, 0.15) is 45.1 Å². The molecule has 1 N–H and O–H groups in total. The highest BCUT2D eigenvalue weighted by atomic mass is 32.1. The van der Waals surface area contributed by atoms with Crippen LogP contribution in [0.4, 0.5) is 9.52 Å². The summed E-state index contributed by atoms with van der Waals surface area (Å²) < 4.78 is 13.1. The Morgan fingerprint density at radius 1 is 0.933 bits per heavy atom. The Bertz CT molecular complexity index is 1070. The van der Waals surface area contributed by atoms with E-state index < -0.39 is 0 Å². The second kappa shape index (κ2) is 9.86. The van der Waals surface area contributed by atoms with Gasteiger partial charge in [-0.05, 0) is 50.2 Å². The number of halogens is 1. The number of nitrogens with one attached hydrogen (secondary N) is 1. The number of nitrogens with zero attached hydrogens (tertiary/aromatic N) is 1. The van der Waals surface area contributed by atoms with Crippen molar-refractivity contribution in [3.8, 4) is 11.3 Å². The number of hydrogen-bond acceptors (Lipinski definition) is 6. The van der Waals surface area contributed by atoms with Crippen LogP contribution in [-0.4, -0.2) is 22.5 Å². The number of anilines is 1. The van der Waals surface area contributed by atoms with Crippen LogP contribution in [0.3, 0.4) is 0 Å². The van der Waals surface area contributed by atoms with Gasteiger partial charge in [0.25, 0.3) is 0 Å². The lowest BCUT2D eigenvalue weighted by atomic mass is 10.1. The zero-order chi connectivity index (χ0) is 21.7. The van der Waals surface area contributed by atoms with Gasteiger partial charge in [0.2, 0.25) is 5.91 Å². The van der Waals surface area contributed by atoms with Gasteiger partial charge >= 0.3 is 0 Å². The average molecular weight is 445 g/mol. The Morgan fingerprint density at radius 2 is 1.63 bits per heavy atom. The van der Waals surface area contributed by atoms with E-state index in [0.29, 0.717) is 15.7 Å². The molecule has 5 nitrogen and oxygen atoms in total. The van der Waals surface area contributed by atoms with Gasteiger partial charge < -0.3 is 5.32 Å². The molecule has 1 amide bonds. The monoisotopic (exact) mass is 444 g/mol. The minimum absolute atomic E-state index is 0.0373. The minimum atomic E-state index is -0.322. The molecule has 0 atom stereocenters. The van der Waals surface area contributed by atoms with Crippen LogP contribution in [0.15, 0.2) is 36.4 Å². The second-order valence-corrected chi connectivity index (χ2v) is 9.34. The normalized spacial score (nSPS) is 10.8. The lowest BCUT2D eigenvalue weighted by Crippen LogP contribution is -2.13. The molecule has 3 rings (SSSR count). The molecule has 0 fully saturated rings. The third kappa shape index (κ3) is 5.90. The summed E-state index contributed by atoms with van der Waals surface area (Å²) in [6.45, 7) is 3.80. The molecule has 0 unspecified atom stereocenters. The molecule has 0 saturated carbocycles. The molecule has 2 heterocycles. The number of thiazole rings is 1. The summed E-state index contributed by atoms with van der Waals surface area (Å²) in [5.41, 5.74) is 1.46. The number of Topliss-reactive ketones (excluding diaryl/α,β-unsaturated/α-hetero) is 2. The van der Waals surface area contributed by atoms with Gasteiger partial charge in [-0.25, -0.2) is 9.37 Å². The van der Waals surface area contributed by atoms with E-state index in [9.17, 15) is 18.8 Å². The molecule has 0 aliphatic heterocycles. The van der Waals surface area contributed by atoms with Crippen LogP contribution >= 0.6 is 22.7 Å². The predicted molar refractivity (Wildman–Crippen MR) is 118 cm³/mol. The Balaban J connectivity index is 1.46. The van der Waals surface area contributed by atoms with E-state index in [1.165, 1.54) is 34.8 Å². The topological polar surface area (TPSA) is 76.1 Å². The third-order valence-electron chi connectivity index (χ3n) is 4.44. The number of thiophene rings is 1. The summed E-state index contributed by atoms with van der Waals surface area (Å²) in [4.78, 5) is 43.3. The summed E-state index contributed by atoms with van der Waals surface area (Å²) in [6, 6.07) is 9.66. The molecule has 30 heavy (non-hydrogen) atoms. The van der Waals surface area contributed by atoms with Gasteiger partial charge in [0.15, 0.2) is 10.9 Å². The molecule has 0 bridgehead atoms. The second-order valence-electron chi connectivity index (χ2n) is 6.85. The number of ketones is 2. The van der Waals surface area contributed by atoms with E-state index in [1.807, 2.05) is 19.9 Å². The van der Waals surface area contributed by atoms with Gasteiger partial charge in [0.05, 0.1) is 10.6 Å². The van der Waals surface area contributed by atoms with Gasteiger partial charge in [0.1, 0.15) is 11.6 Å². The fourth-order valence-corrected chi connectivity index (χ4v) is 4.53. The first-order valence-electron chi connectivity index (χ1n) is 9.46. The molecular formula is C22H21FN2O3S2. The van der Waals surface area contributed by atoms with Crippen molar-refractivity contribution < 1.29 is 18.8 Å². The molecule has 0 aliphatic carbocycles. The van der Waals surface area contributed by atoms with Gasteiger partial charge in [-0.3, -0.25) is 14.4 Å². The highest BCUT2D eigenvalue weighted by Crippen LogP contribution is 2.30. The lowest BCUT2D eigenvalue weighted by molar-refractivity contribution is -0.122. The molecule has 0 saturated heterocycles. The van der Waals surface area contributed by atoms with Crippen molar-refractivity contribution in [2.45, 2.75) is 39.5 Å². The number of amides is 1. The number of hydrogen-bond donors (Lipinski definition) is 1. The number of aromatic nitrogens is 1. The van der Waals surface area contributed by atoms with Crippen molar-refractivity contribution in [3.05, 3.63) is 56.8 Å². The highest BCUT2D eigenvalue weighted by molar-refractivity contribution is 7.16. The van der Waals surface area contributed by atoms with Gasteiger partial charge in [0, 0.05) is 41.0 Å². The minimum Gasteiger partial charge on any atom is -0.302 e. The molecule has 2 aromatic heterocycles. The standard InChI is InChI=1S/C22H21FN2O3S2/c1-13-3-11-19(29-13)18(27)10-8-17(26)9-12-20(28)24-22-25-21(14(2)30-22)15-4-6-16(23)7-5-15/h3-7,11H,8-10,12H2,1-2H3,(H,24,25,28). The Kier molecular flexibility index (Phi) is 7.23. The van der Waals surface area contributed by atoms with Crippen LogP contribution in [0.2, 0.25) is 0 Å². The number of benzene rings is 1. The first kappa shape index (κ1) is 22.0. The zero-order valence-corrected chi connectivity index (χ0v) is 18.3. The Morgan fingerprint density at radius 3 is 2.30 bits per heavy atom. The van der Waals surface area contributed by atoms with Crippen molar-refractivity contribution in [1.82, 2.24) is 4.98 Å². The van der Waals surface area contributed by atoms with Crippen molar-refractivity contribution in [2.24, 2.45) is 0 Å². The molecule has 0 spiro atoms. The maximum absolute atomic E-state index is 13.1. The maximum Gasteiger partial charge on any atom is 0.226 e. The SMILES string of the molecule is Cc1ccc(C(=O)CCC(=O)CCC(=O)Nc2nc(-c3ccc(F)cc3)c(C)s2)s1. The highest BCUT2D eigenvalue weighted by Gasteiger charge is 2.15. The molecule has 1 aromatic carbocycles. The van der Waals surface area contributed by atoms with Crippen LogP contribution in [0, 0.1) is 19.7 Å². The summed E-state index contributed by atoms with van der Waals surface area (Å²) in [6.07, 6.45) is 0.411. The summed E-state index contributed by atoms with van der Waals surface area (Å²) >= 11 is 2.74. The van der Waals surface area contributed by atoms with Crippen molar-refractivity contribution >= 4 is 45.3 Å². The van der Waals surface area contributed by atoms with E-state index in [0.717, 1.165) is 15.3 Å². The van der Waals surface area contributed by atoms with Crippen molar-refractivity contribution in [2.75, 3.05) is 5.32 Å². The van der Waals surface area contributed by atoms with E-state index >= 15 is 0 Å². The average Bonchev–Trinajstić information content (AvgIpc) is 3.30. The largest absolute Gasteiger partial charge is 0.302 e. The van der Waals surface area contributed by atoms with Crippen molar-refractivity contribution in [1.29, 1.82) is 0 Å². The zero-order valence-electron chi connectivity index (χ0n) is 16.7. The summed E-state index contributed by atoms with van der Waals surface area (Å²) in [5.74, 6) is -0.786. The first-order valence-corrected chi connectivity index (χ1v) is 11.1. The number of carbonyl (C=O) groups is 3. The molecule has 156 valence electrons. The van der Waals surface area contributed by atoms with Crippen LogP contribution in [-0.2, 0) is 9.59 Å². The molecular weight excluding hydrogens is 423 g/mol. The number of aryl methyl sites for hydroxylation is 2. The maximum atomic E-state index is 13.1. The van der Waals surface area contributed by atoms with Crippen LogP contribution in [0.5, 0.6) is 0 Å². The smallest absolute Gasteiger partial charge is 0.226 e. The van der Waals surface area contributed by atoms with Crippen molar-refractivity contribution in [3.63, 3.8) is 0 Å². The van der Waals surface area contributed by atoms with Gasteiger partial charge in [-0.15, -0.1) is 22.7 Å². The van der Waals surface area contributed by atoms with Gasteiger partial charge in [-0.1, -0.05) is 0 Å². The van der Waals surface area contributed by atoms with E-state index in [2.05, 4.69) is 10.3 Å². The molecule has 0 aliphatic rings. The molecule has 3 aromatic rings. The molecule has 0 radical (unpaired) electrons. The quantitative estimate of drug-likeness (QED) is 0.437. The molecule has 8 heteroatoms. The van der Waals surface area contributed by atoms with E-state index in [-0.39, 0.29) is 49.0 Å². The fraction of sp³-hybridized carbons (Fsp3) is 0.273. The number of carbonyl (C=O) groups excluding carboxylic acids is 3. The van der Waals surface area contributed by atoms with E-state index in [4.69, 9.17) is 0 Å².